The van der Waals surface area contributed by atoms with Crippen LogP contribution in [0.15, 0.2) is 40.8 Å². The highest BCUT2D eigenvalue weighted by Gasteiger charge is 2.16. The van der Waals surface area contributed by atoms with E-state index in [9.17, 15) is 14.0 Å². The van der Waals surface area contributed by atoms with Gasteiger partial charge in [0.15, 0.2) is 5.01 Å². The van der Waals surface area contributed by atoms with Crippen LogP contribution in [-0.2, 0) is 11.3 Å². The van der Waals surface area contributed by atoms with Crippen molar-refractivity contribution in [3.8, 4) is 0 Å². The lowest BCUT2D eigenvalue weighted by Gasteiger charge is -2.02. The molecule has 0 aliphatic carbocycles. The topological polar surface area (TPSA) is 94.3 Å². The number of ether oxygens (including phenoxy) is 1. The van der Waals surface area contributed by atoms with Crippen LogP contribution in [0.2, 0.25) is 0 Å². The van der Waals surface area contributed by atoms with E-state index in [1.165, 1.54) is 24.3 Å². The van der Waals surface area contributed by atoms with Crippen molar-refractivity contribution < 1.29 is 23.1 Å². The Bertz CT molecular complexity index is 1050. The van der Waals surface area contributed by atoms with Crippen molar-refractivity contribution in [1.29, 1.82) is 0 Å². The van der Waals surface area contributed by atoms with E-state index < -0.39 is 11.9 Å². The first kappa shape index (κ1) is 20.7. The number of halogens is 2. The summed E-state index contributed by atoms with van der Waals surface area (Å²) in [7, 11) is 0. The molecule has 0 saturated heterocycles. The molecular weight excluding hydrogens is 421 g/mol. The molecule has 1 N–H and O–H groups in total. The van der Waals surface area contributed by atoms with Crippen LogP contribution < -0.4 is 5.32 Å². The number of furan rings is 1. The Labute approximate surface area is 174 Å². The molecule has 1 amide bonds. The van der Waals surface area contributed by atoms with Crippen LogP contribution in [0.3, 0.4) is 0 Å². The van der Waals surface area contributed by atoms with Crippen molar-refractivity contribution in [1.82, 2.24) is 15.5 Å². The molecule has 0 spiro atoms. The van der Waals surface area contributed by atoms with Crippen LogP contribution in [0.25, 0.3) is 11.1 Å². The van der Waals surface area contributed by atoms with Crippen molar-refractivity contribution in [2.75, 3.05) is 6.61 Å². The number of nitrogens with one attached hydrogen (secondary N) is 1. The summed E-state index contributed by atoms with van der Waals surface area (Å²) >= 11 is 7.22. The number of hydrogen-bond acceptors (Lipinski definition) is 7. The average molecular weight is 436 g/mol. The quantitative estimate of drug-likeness (QED) is 0.561. The first-order valence-corrected chi connectivity index (χ1v) is 9.66. The first-order valence-electron chi connectivity index (χ1n) is 8.47. The van der Waals surface area contributed by atoms with Gasteiger partial charge in [-0.15, -0.1) is 10.2 Å². The summed E-state index contributed by atoms with van der Waals surface area (Å²) < 4.78 is 23.1. The van der Waals surface area contributed by atoms with Gasteiger partial charge in [0, 0.05) is 12.6 Å². The zero-order valence-corrected chi connectivity index (χ0v) is 16.7. The number of aromatic nitrogens is 2. The van der Waals surface area contributed by atoms with Gasteiger partial charge in [-0.3, -0.25) is 4.79 Å². The molecule has 0 unspecified atom stereocenters. The van der Waals surface area contributed by atoms with Gasteiger partial charge >= 0.3 is 5.97 Å². The zero-order valence-electron chi connectivity index (χ0n) is 15.1. The Morgan fingerprint density at radius 1 is 1.21 bits per heavy atom. The van der Waals surface area contributed by atoms with Crippen LogP contribution in [0.4, 0.5) is 4.39 Å². The lowest BCUT2D eigenvalue weighted by molar-refractivity contribution is 0.0489. The van der Waals surface area contributed by atoms with Crippen LogP contribution in [0.1, 0.15) is 43.6 Å². The predicted molar refractivity (Wildman–Crippen MR) is 106 cm³/mol. The standard InChI is InChI=1S/C19H15ClFN3O4S/c1-2-27-19(26)15-8-7-13(28-15)9-14(20)17-23-24-18(29-17)16(25)22-10-11-3-5-12(21)6-4-11/h3-9H,2,10H2,1H3,(H,22,25)/b14-9+. The van der Waals surface area contributed by atoms with E-state index in [-0.39, 0.29) is 34.8 Å². The molecule has 0 radical (unpaired) electrons. The van der Waals surface area contributed by atoms with Gasteiger partial charge in [-0.25, -0.2) is 9.18 Å². The van der Waals surface area contributed by atoms with Gasteiger partial charge in [0.05, 0.1) is 11.6 Å². The van der Waals surface area contributed by atoms with Crippen LogP contribution in [0.5, 0.6) is 0 Å². The van der Waals surface area contributed by atoms with E-state index in [0.717, 1.165) is 16.9 Å². The number of hydrogen-bond donors (Lipinski definition) is 1. The second-order valence-corrected chi connectivity index (χ2v) is 7.02. The minimum atomic E-state index is -0.570. The zero-order chi connectivity index (χ0) is 20.8. The predicted octanol–water partition coefficient (Wildman–Crippen LogP) is 4.11. The number of esters is 1. The minimum absolute atomic E-state index is 0.0562. The van der Waals surface area contributed by atoms with Crippen molar-refractivity contribution in [3.05, 3.63) is 69.3 Å². The van der Waals surface area contributed by atoms with E-state index in [4.69, 9.17) is 20.8 Å². The Morgan fingerprint density at radius 2 is 1.93 bits per heavy atom. The van der Waals surface area contributed by atoms with Gasteiger partial charge in [-0.05, 0) is 36.8 Å². The molecule has 10 heteroatoms. The molecule has 0 aliphatic heterocycles. The fraction of sp³-hybridized carbons (Fsp3) is 0.158. The third-order valence-electron chi connectivity index (χ3n) is 3.56. The number of benzene rings is 1. The second kappa shape index (κ2) is 9.44. The molecule has 1 aromatic carbocycles. The third kappa shape index (κ3) is 5.49. The Kier molecular flexibility index (Phi) is 6.73. The fourth-order valence-corrected chi connectivity index (χ4v) is 3.13. The molecule has 3 aromatic rings. The van der Waals surface area contributed by atoms with Gasteiger partial charge in [0.1, 0.15) is 11.6 Å². The van der Waals surface area contributed by atoms with Crippen LogP contribution in [-0.4, -0.2) is 28.7 Å². The van der Waals surface area contributed by atoms with Gasteiger partial charge < -0.3 is 14.5 Å². The lowest BCUT2D eigenvalue weighted by atomic mass is 10.2. The maximum absolute atomic E-state index is 12.9. The number of rotatable bonds is 7. The third-order valence-corrected chi connectivity index (χ3v) is 4.92. The molecule has 7 nitrogen and oxygen atoms in total. The Morgan fingerprint density at radius 3 is 2.66 bits per heavy atom. The maximum Gasteiger partial charge on any atom is 0.374 e. The van der Waals surface area contributed by atoms with Crippen molar-refractivity contribution in [2.24, 2.45) is 0 Å². The van der Waals surface area contributed by atoms with E-state index in [0.29, 0.717) is 10.8 Å². The minimum Gasteiger partial charge on any atom is -0.460 e. The highest BCUT2D eigenvalue weighted by atomic mass is 35.5. The number of nitrogens with zero attached hydrogens (tertiary/aromatic N) is 2. The summed E-state index contributed by atoms with van der Waals surface area (Å²) in [5, 5.41) is 11.0. The number of carbonyl (C=O) groups is 2. The average Bonchev–Trinajstić information content (AvgIpc) is 3.37. The van der Waals surface area contributed by atoms with Crippen LogP contribution in [0, 0.1) is 5.82 Å². The summed E-state index contributed by atoms with van der Waals surface area (Å²) in [5.41, 5.74) is 0.748. The summed E-state index contributed by atoms with van der Waals surface area (Å²) in [6.45, 7) is 2.16. The molecule has 0 aliphatic rings. The smallest absolute Gasteiger partial charge is 0.374 e. The van der Waals surface area contributed by atoms with Gasteiger partial charge in [-0.2, -0.15) is 0 Å². The van der Waals surface area contributed by atoms with E-state index >= 15 is 0 Å². The summed E-state index contributed by atoms with van der Waals surface area (Å²) in [6.07, 6.45) is 1.46. The van der Waals surface area contributed by atoms with Gasteiger partial charge in [-0.1, -0.05) is 35.1 Å². The second-order valence-electron chi connectivity index (χ2n) is 5.64. The molecule has 2 aromatic heterocycles. The lowest BCUT2D eigenvalue weighted by Crippen LogP contribution is -2.22. The molecule has 0 atom stereocenters. The monoisotopic (exact) mass is 435 g/mol. The van der Waals surface area contributed by atoms with Crippen molar-refractivity contribution in [3.63, 3.8) is 0 Å². The maximum atomic E-state index is 12.9. The first-order chi connectivity index (χ1) is 14.0. The molecule has 0 saturated carbocycles. The van der Waals surface area contributed by atoms with Gasteiger partial charge in [0.25, 0.3) is 5.91 Å². The molecule has 0 fully saturated rings. The molecule has 2 heterocycles. The SMILES string of the molecule is CCOC(=O)c1ccc(/C=C(/Cl)c2nnc(C(=O)NCc3ccc(F)cc3)s2)o1. The molecule has 29 heavy (non-hydrogen) atoms. The molecule has 0 bridgehead atoms. The number of carbonyl (C=O) groups excluding carboxylic acids is 2. The van der Waals surface area contributed by atoms with E-state index in [2.05, 4.69) is 15.5 Å². The Hall–Kier alpha value is -3.04. The normalized spacial score (nSPS) is 11.3. The summed E-state index contributed by atoms with van der Waals surface area (Å²) in [4.78, 5) is 23.8. The highest BCUT2D eigenvalue weighted by molar-refractivity contribution is 7.15. The van der Waals surface area contributed by atoms with E-state index in [1.54, 1.807) is 25.1 Å². The van der Waals surface area contributed by atoms with Crippen molar-refractivity contribution in [2.45, 2.75) is 13.5 Å². The van der Waals surface area contributed by atoms with Crippen molar-refractivity contribution >= 4 is 45.9 Å². The van der Waals surface area contributed by atoms with Gasteiger partial charge in [0.2, 0.25) is 10.8 Å². The summed E-state index contributed by atoms with van der Waals surface area (Å²) in [5.74, 6) is -0.957. The summed E-state index contributed by atoms with van der Waals surface area (Å²) in [6, 6.07) is 8.83. The largest absolute Gasteiger partial charge is 0.460 e. The Balaban J connectivity index is 1.63. The molecule has 3 rings (SSSR count). The molecular formula is C19H15ClFN3O4S. The van der Waals surface area contributed by atoms with Crippen LogP contribution >= 0.6 is 22.9 Å². The number of amides is 1. The highest BCUT2D eigenvalue weighted by Crippen LogP contribution is 2.26. The fourth-order valence-electron chi connectivity index (χ4n) is 2.20. The van der Waals surface area contributed by atoms with E-state index in [1.807, 2.05) is 0 Å². The molecule has 150 valence electrons.